The lowest BCUT2D eigenvalue weighted by Gasteiger charge is -2.18. The highest BCUT2D eigenvalue weighted by molar-refractivity contribution is 6.03. The van der Waals surface area contributed by atoms with E-state index in [0.29, 0.717) is 5.69 Å². The van der Waals surface area contributed by atoms with Crippen LogP contribution in [0.5, 0.6) is 0 Å². The van der Waals surface area contributed by atoms with Crippen LogP contribution in [0.3, 0.4) is 0 Å². The molecule has 0 radical (unpaired) electrons. The summed E-state index contributed by atoms with van der Waals surface area (Å²) in [6.45, 7) is 1.98. The van der Waals surface area contributed by atoms with Crippen molar-refractivity contribution in [2.75, 3.05) is 11.4 Å². The Morgan fingerprint density at radius 2 is 2.18 bits per heavy atom. The van der Waals surface area contributed by atoms with Gasteiger partial charge in [-0.1, -0.05) is 6.07 Å². The second kappa shape index (κ2) is 4.18. The zero-order chi connectivity index (χ0) is 12.6. The Hall–Kier alpha value is -1.88. The summed E-state index contributed by atoms with van der Waals surface area (Å²) < 4.78 is 0. The number of aryl methyl sites for hydroxylation is 1. The van der Waals surface area contributed by atoms with Gasteiger partial charge in [-0.2, -0.15) is 0 Å². The quantitative estimate of drug-likeness (QED) is 0.794. The van der Waals surface area contributed by atoms with Gasteiger partial charge in [0, 0.05) is 0 Å². The number of rotatable bonds is 2. The van der Waals surface area contributed by atoms with Crippen LogP contribution in [0.1, 0.15) is 22.3 Å². The standard InChI is InChI=1S/C12H13NO4/c1-7-2-3-9(12(16)17)10(4-7)13-6-8(14)5-11(13)15/h2-4,8,14H,5-6H2,1H3,(H,16,17). The number of carboxylic acids is 1. The lowest BCUT2D eigenvalue weighted by molar-refractivity contribution is -0.117. The Bertz CT molecular complexity index is 483. The number of benzene rings is 1. The third kappa shape index (κ3) is 2.14. The molecule has 0 saturated carbocycles. The summed E-state index contributed by atoms with van der Waals surface area (Å²) in [5.41, 5.74) is 1.32. The number of β-amino-alcohol motifs (C(OH)–C–C–N with tert-alkyl or cyclic N) is 1. The second-order valence-corrected chi connectivity index (χ2v) is 4.19. The molecule has 2 N–H and O–H groups in total. The van der Waals surface area contributed by atoms with Gasteiger partial charge >= 0.3 is 5.97 Å². The number of nitrogens with zero attached hydrogens (tertiary/aromatic N) is 1. The fourth-order valence-corrected chi connectivity index (χ4v) is 1.97. The van der Waals surface area contributed by atoms with Crippen molar-refractivity contribution in [3.8, 4) is 0 Å². The minimum Gasteiger partial charge on any atom is -0.478 e. The first-order valence-electron chi connectivity index (χ1n) is 5.31. The Labute approximate surface area is 98.3 Å². The monoisotopic (exact) mass is 235 g/mol. The molecular formula is C12H13NO4. The lowest BCUT2D eigenvalue weighted by atomic mass is 10.1. The predicted molar refractivity (Wildman–Crippen MR) is 61.1 cm³/mol. The SMILES string of the molecule is Cc1ccc(C(=O)O)c(N2CC(O)CC2=O)c1. The summed E-state index contributed by atoms with van der Waals surface area (Å²) in [5.74, 6) is -1.32. The van der Waals surface area contributed by atoms with E-state index in [-0.39, 0.29) is 24.4 Å². The first-order chi connectivity index (χ1) is 7.99. The van der Waals surface area contributed by atoms with Crippen molar-refractivity contribution >= 4 is 17.6 Å². The molecule has 1 aromatic carbocycles. The average Bonchev–Trinajstić information content (AvgIpc) is 2.57. The summed E-state index contributed by atoms with van der Waals surface area (Å²) in [7, 11) is 0. The number of amides is 1. The molecular weight excluding hydrogens is 222 g/mol. The summed E-state index contributed by atoms with van der Waals surface area (Å²) in [6, 6.07) is 4.81. The van der Waals surface area contributed by atoms with Gasteiger partial charge in [0.15, 0.2) is 0 Å². The van der Waals surface area contributed by atoms with Gasteiger partial charge < -0.3 is 15.1 Å². The highest BCUT2D eigenvalue weighted by atomic mass is 16.4. The van der Waals surface area contributed by atoms with Gasteiger partial charge in [-0.25, -0.2) is 4.79 Å². The van der Waals surface area contributed by atoms with Crippen LogP contribution in [0, 0.1) is 6.92 Å². The van der Waals surface area contributed by atoms with Crippen molar-refractivity contribution < 1.29 is 19.8 Å². The molecule has 0 bridgehead atoms. The van der Waals surface area contributed by atoms with E-state index in [1.54, 1.807) is 12.1 Å². The fraction of sp³-hybridized carbons (Fsp3) is 0.333. The first-order valence-corrected chi connectivity index (χ1v) is 5.31. The van der Waals surface area contributed by atoms with E-state index < -0.39 is 12.1 Å². The molecule has 0 spiro atoms. The van der Waals surface area contributed by atoms with Crippen LogP contribution in [0.2, 0.25) is 0 Å². The van der Waals surface area contributed by atoms with Crippen molar-refractivity contribution in [1.82, 2.24) is 0 Å². The van der Waals surface area contributed by atoms with Gasteiger partial charge in [-0.05, 0) is 24.6 Å². The Kier molecular flexibility index (Phi) is 2.85. The Morgan fingerprint density at radius 3 is 2.71 bits per heavy atom. The molecule has 1 saturated heterocycles. The van der Waals surface area contributed by atoms with Gasteiger partial charge in [0.2, 0.25) is 5.91 Å². The van der Waals surface area contributed by atoms with Crippen LogP contribution in [0.25, 0.3) is 0 Å². The average molecular weight is 235 g/mol. The van der Waals surface area contributed by atoms with Gasteiger partial charge in [-0.15, -0.1) is 0 Å². The molecule has 2 rings (SSSR count). The van der Waals surface area contributed by atoms with Crippen LogP contribution in [0.4, 0.5) is 5.69 Å². The van der Waals surface area contributed by atoms with E-state index in [9.17, 15) is 14.7 Å². The maximum absolute atomic E-state index is 11.6. The summed E-state index contributed by atoms with van der Waals surface area (Å²) in [6.07, 6.45) is -0.669. The topological polar surface area (TPSA) is 77.8 Å². The van der Waals surface area contributed by atoms with E-state index in [1.165, 1.54) is 11.0 Å². The van der Waals surface area contributed by atoms with Crippen LogP contribution >= 0.6 is 0 Å². The van der Waals surface area contributed by atoms with Crippen molar-refractivity contribution in [2.24, 2.45) is 0 Å². The molecule has 1 heterocycles. The van der Waals surface area contributed by atoms with E-state index in [0.717, 1.165) is 5.56 Å². The molecule has 1 aliphatic rings. The number of aromatic carboxylic acids is 1. The zero-order valence-electron chi connectivity index (χ0n) is 9.38. The minimum absolute atomic E-state index is 0.0486. The second-order valence-electron chi connectivity index (χ2n) is 4.19. The summed E-state index contributed by atoms with van der Waals surface area (Å²) in [5, 5.41) is 18.5. The molecule has 1 aromatic rings. The molecule has 1 amide bonds. The summed E-state index contributed by atoms with van der Waals surface area (Å²) in [4.78, 5) is 24.1. The minimum atomic E-state index is -1.07. The summed E-state index contributed by atoms with van der Waals surface area (Å²) >= 11 is 0. The molecule has 1 atom stereocenters. The predicted octanol–water partition coefficient (Wildman–Crippen LogP) is 0.791. The van der Waals surface area contributed by atoms with Crippen molar-refractivity contribution in [3.63, 3.8) is 0 Å². The normalized spacial score (nSPS) is 19.8. The van der Waals surface area contributed by atoms with Crippen LogP contribution in [0.15, 0.2) is 18.2 Å². The molecule has 0 aliphatic carbocycles. The number of aliphatic hydroxyl groups is 1. The highest BCUT2D eigenvalue weighted by Gasteiger charge is 2.31. The largest absolute Gasteiger partial charge is 0.478 e. The maximum atomic E-state index is 11.6. The van der Waals surface area contributed by atoms with Crippen LogP contribution in [-0.4, -0.2) is 34.7 Å². The Morgan fingerprint density at radius 1 is 1.47 bits per heavy atom. The number of aliphatic hydroxyl groups excluding tert-OH is 1. The third-order valence-electron chi connectivity index (χ3n) is 2.78. The van der Waals surface area contributed by atoms with E-state index in [4.69, 9.17) is 5.11 Å². The van der Waals surface area contributed by atoms with E-state index >= 15 is 0 Å². The number of carbonyl (C=O) groups is 2. The molecule has 90 valence electrons. The molecule has 1 unspecified atom stereocenters. The molecule has 0 aromatic heterocycles. The fourth-order valence-electron chi connectivity index (χ4n) is 1.97. The molecule has 5 heteroatoms. The van der Waals surface area contributed by atoms with Crippen LogP contribution in [-0.2, 0) is 4.79 Å². The smallest absolute Gasteiger partial charge is 0.337 e. The van der Waals surface area contributed by atoms with Gasteiger partial charge in [-0.3, -0.25) is 4.79 Å². The Balaban J connectivity index is 2.46. The number of hydrogen-bond donors (Lipinski definition) is 2. The van der Waals surface area contributed by atoms with Gasteiger partial charge in [0.25, 0.3) is 0 Å². The number of carboxylic acid groups (broad SMARTS) is 1. The van der Waals surface area contributed by atoms with Gasteiger partial charge in [0.05, 0.1) is 30.3 Å². The zero-order valence-corrected chi connectivity index (χ0v) is 9.38. The molecule has 1 fully saturated rings. The van der Waals surface area contributed by atoms with Crippen molar-refractivity contribution in [3.05, 3.63) is 29.3 Å². The third-order valence-corrected chi connectivity index (χ3v) is 2.78. The lowest BCUT2D eigenvalue weighted by Crippen LogP contribution is -2.27. The number of hydrogen-bond acceptors (Lipinski definition) is 3. The van der Waals surface area contributed by atoms with Gasteiger partial charge in [0.1, 0.15) is 0 Å². The molecule has 1 aliphatic heterocycles. The van der Waals surface area contributed by atoms with E-state index in [1.807, 2.05) is 6.92 Å². The maximum Gasteiger partial charge on any atom is 0.337 e. The highest BCUT2D eigenvalue weighted by Crippen LogP contribution is 2.26. The first kappa shape index (κ1) is 11.6. The van der Waals surface area contributed by atoms with E-state index in [2.05, 4.69) is 0 Å². The number of carbonyl (C=O) groups excluding carboxylic acids is 1. The molecule has 17 heavy (non-hydrogen) atoms. The van der Waals surface area contributed by atoms with Crippen molar-refractivity contribution in [2.45, 2.75) is 19.4 Å². The van der Waals surface area contributed by atoms with Crippen molar-refractivity contribution in [1.29, 1.82) is 0 Å². The number of anilines is 1. The van der Waals surface area contributed by atoms with Crippen LogP contribution < -0.4 is 4.90 Å². The molecule has 5 nitrogen and oxygen atoms in total.